The molecule has 2 aliphatic carbocycles. The van der Waals surface area contributed by atoms with E-state index in [4.69, 9.17) is 4.74 Å². The van der Waals surface area contributed by atoms with Crippen LogP contribution in [-0.2, 0) is 4.74 Å². The van der Waals surface area contributed by atoms with Gasteiger partial charge in [0.15, 0.2) is 0 Å². The van der Waals surface area contributed by atoms with Gasteiger partial charge < -0.3 is 10.1 Å². The lowest BCUT2D eigenvalue weighted by molar-refractivity contribution is 0.120. The van der Waals surface area contributed by atoms with Crippen LogP contribution in [-0.4, -0.2) is 25.8 Å². The van der Waals surface area contributed by atoms with Crippen molar-refractivity contribution in [2.24, 2.45) is 11.3 Å². The molecule has 2 heteroatoms. The standard InChI is InChI=1S/C13H25NO/c1-13(2)7-3-4-12(13)14-8-9-15-10-11-5-6-11/h11-12,14H,3-10H2,1-2H3/t12-/m1/s1. The minimum Gasteiger partial charge on any atom is -0.380 e. The predicted molar refractivity (Wildman–Crippen MR) is 63.0 cm³/mol. The maximum Gasteiger partial charge on any atom is 0.0591 e. The van der Waals surface area contributed by atoms with Crippen molar-refractivity contribution in [3.05, 3.63) is 0 Å². The van der Waals surface area contributed by atoms with Gasteiger partial charge in [0.2, 0.25) is 0 Å². The summed E-state index contributed by atoms with van der Waals surface area (Å²) >= 11 is 0. The van der Waals surface area contributed by atoms with E-state index in [0.29, 0.717) is 11.5 Å². The van der Waals surface area contributed by atoms with E-state index in [9.17, 15) is 0 Å². The van der Waals surface area contributed by atoms with Crippen LogP contribution in [0.2, 0.25) is 0 Å². The van der Waals surface area contributed by atoms with Crippen LogP contribution < -0.4 is 5.32 Å². The molecule has 2 saturated carbocycles. The average Bonchev–Trinajstić information content (AvgIpc) is 2.92. The number of ether oxygens (including phenoxy) is 1. The molecule has 0 aromatic carbocycles. The maximum absolute atomic E-state index is 5.62. The van der Waals surface area contributed by atoms with Gasteiger partial charge in [-0.25, -0.2) is 0 Å². The highest BCUT2D eigenvalue weighted by Crippen LogP contribution is 2.36. The average molecular weight is 211 g/mol. The lowest BCUT2D eigenvalue weighted by Gasteiger charge is -2.27. The van der Waals surface area contributed by atoms with Crippen LogP contribution in [0.4, 0.5) is 0 Å². The maximum atomic E-state index is 5.62. The molecule has 2 fully saturated rings. The molecule has 15 heavy (non-hydrogen) atoms. The summed E-state index contributed by atoms with van der Waals surface area (Å²) in [5.41, 5.74) is 0.497. The molecule has 0 spiro atoms. The summed E-state index contributed by atoms with van der Waals surface area (Å²) in [6.07, 6.45) is 6.88. The Morgan fingerprint density at radius 3 is 2.67 bits per heavy atom. The summed E-state index contributed by atoms with van der Waals surface area (Å²) < 4.78 is 5.62. The molecule has 2 aliphatic rings. The highest BCUT2D eigenvalue weighted by molar-refractivity contribution is 4.89. The van der Waals surface area contributed by atoms with Crippen molar-refractivity contribution < 1.29 is 4.74 Å². The Balaban J connectivity index is 1.52. The predicted octanol–water partition coefficient (Wildman–Crippen LogP) is 2.58. The van der Waals surface area contributed by atoms with Crippen molar-refractivity contribution in [2.45, 2.75) is 52.0 Å². The SMILES string of the molecule is CC1(C)CCC[C@H]1NCCOCC1CC1. The first kappa shape index (κ1) is 11.4. The second kappa shape index (κ2) is 4.84. The summed E-state index contributed by atoms with van der Waals surface area (Å²) in [6.45, 7) is 7.67. The Hall–Kier alpha value is -0.0800. The minimum atomic E-state index is 0.497. The summed E-state index contributed by atoms with van der Waals surface area (Å²) in [4.78, 5) is 0. The van der Waals surface area contributed by atoms with Crippen LogP contribution in [0.3, 0.4) is 0 Å². The van der Waals surface area contributed by atoms with Crippen molar-refractivity contribution in [1.82, 2.24) is 5.32 Å². The van der Waals surface area contributed by atoms with Gasteiger partial charge in [-0.3, -0.25) is 0 Å². The Morgan fingerprint density at radius 1 is 1.27 bits per heavy atom. The quantitative estimate of drug-likeness (QED) is 0.682. The van der Waals surface area contributed by atoms with Crippen molar-refractivity contribution in [3.63, 3.8) is 0 Å². The van der Waals surface area contributed by atoms with E-state index in [-0.39, 0.29) is 0 Å². The Labute approximate surface area is 93.8 Å². The van der Waals surface area contributed by atoms with Crippen molar-refractivity contribution >= 4 is 0 Å². The molecule has 0 aliphatic heterocycles. The molecule has 0 radical (unpaired) electrons. The van der Waals surface area contributed by atoms with Crippen LogP contribution in [0, 0.1) is 11.3 Å². The second-order valence-electron chi connectivity index (χ2n) is 5.91. The van der Waals surface area contributed by atoms with E-state index >= 15 is 0 Å². The monoisotopic (exact) mass is 211 g/mol. The zero-order chi connectivity index (χ0) is 10.7. The fraction of sp³-hybridized carbons (Fsp3) is 1.00. The van der Waals surface area contributed by atoms with Gasteiger partial charge in [-0.15, -0.1) is 0 Å². The van der Waals surface area contributed by atoms with Crippen molar-refractivity contribution in [3.8, 4) is 0 Å². The van der Waals surface area contributed by atoms with E-state index < -0.39 is 0 Å². The van der Waals surface area contributed by atoms with Gasteiger partial charge in [0.1, 0.15) is 0 Å². The number of hydrogen-bond acceptors (Lipinski definition) is 2. The van der Waals surface area contributed by atoms with Gasteiger partial charge in [-0.05, 0) is 37.0 Å². The Bertz CT molecular complexity index is 199. The van der Waals surface area contributed by atoms with Gasteiger partial charge in [-0.1, -0.05) is 20.3 Å². The van der Waals surface area contributed by atoms with Crippen LogP contribution in [0.1, 0.15) is 46.0 Å². The summed E-state index contributed by atoms with van der Waals surface area (Å²) in [7, 11) is 0. The molecule has 0 unspecified atom stereocenters. The smallest absolute Gasteiger partial charge is 0.0591 e. The summed E-state index contributed by atoms with van der Waals surface area (Å²) in [6, 6.07) is 0.710. The third-order valence-electron chi connectivity index (χ3n) is 3.94. The molecule has 1 N–H and O–H groups in total. The van der Waals surface area contributed by atoms with Crippen LogP contribution >= 0.6 is 0 Å². The molecule has 0 saturated heterocycles. The minimum absolute atomic E-state index is 0.497. The van der Waals surface area contributed by atoms with Gasteiger partial charge in [0, 0.05) is 19.2 Å². The van der Waals surface area contributed by atoms with E-state index in [0.717, 1.165) is 25.7 Å². The van der Waals surface area contributed by atoms with Gasteiger partial charge in [0.25, 0.3) is 0 Å². The molecular formula is C13H25NO. The molecule has 0 heterocycles. The third kappa shape index (κ3) is 3.46. The fourth-order valence-electron chi connectivity index (χ4n) is 2.54. The zero-order valence-corrected chi connectivity index (χ0v) is 10.2. The highest BCUT2D eigenvalue weighted by Gasteiger charge is 2.33. The van der Waals surface area contributed by atoms with Crippen LogP contribution in [0.5, 0.6) is 0 Å². The fourth-order valence-corrected chi connectivity index (χ4v) is 2.54. The molecule has 0 aromatic rings. The number of hydrogen-bond donors (Lipinski definition) is 1. The largest absolute Gasteiger partial charge is 0.380 e. The third-order valence-corrected chi connectivity index (χ3v) is 3.94. The van der Waals surface area contributed by atoms with Gasteiger partial charge in [0.05, 0.1) is 6.61 Å². The molecule has 88 valence electrons. The normalized spacial score (nSPS) is 29.6. The van der Waals surface area contributed by atoms with Gasteiger partial charge >= 0.3 is 0 Å². The molecule has 2 rings (SSSR count). The first-order chi connectivity index (χ1) is 7.18. The summed E-state index contributed by atoms with van der Waals surface area (Å²) in [5, 5.41) is 3.64. The van der Waals surface area contributed by atoms with E-state index in [2.05, 4.69) is 19.2 Å². The van der Waals surface area contributed by atoms with Crippen LogP contribution in [0.25, 0.3) is 0 Å². The van der Waals surface area contributed by atoms with Gasteiger partial charge in [-0.2, -0.15) is 0 Å². The Kier molecular flexibility index (Phi) is 3.68. The number of rotatable bonds is 6. The topological polar surface area (TPSA) is 21.3 Å². The lowest BCUT2D eigenvalue weighted by atomic mass is 9.87. The molecule has 0 amide bonds. The highest BCUT2D eigenvalue weighted by atomic mass is 16.5. The molecule has 2 nitrogen and oxygen atoms in total. The van der Waals surface area contributed by atoms with Crippen molar-refractivity contribution in [1.29, 1.82) is 0 Å². The molecule has 1 atom stereocenters. The van der Waals surface area contributed by atoms with E-state index in [1.807, 2.05) is 0 Å². The molecule has 0 bridgehead atoms. The van der Waals surface area contributed by atoms with E-state index in [1.54, 1.807) is 0 Å². The Morgan fingerprint density at radius 2 is 2.07 bits per heavy atom. The van der Waals surface area contributed by atoms with E-state index in [1.165, 1.54) is 32.1 Å². The first-order valence-electron chi connectivity index (χ1n) is 6.49. The number of nitrogens with one attached hydrogen (secondary N) is 1. The second-order valence-corrected chi connectivity index (χ2v) is 5.91. The van der Waals surface area contributed by atoms with Crippen LogP contribution in [0.15, 0.2) is 0 Å². The molecule has 0 aromatic heterocycles. The first-order valence-corrected chi connectivity index (χ1v) is 6.49. The molecular weight excluding hydrogens is 186 g/mol. The zero-order valence-electron chi connectivity index (χ0n) is 10.2. The van der Waals surface area contributed by atoms with Crippen molar-refractivity contribution in [2.75, 3.05) is 19.8 Å². The summed E-state index contributed by atoms with van der Waals surface area (Å²) in [5.74, 6) is 0.896. The lowest BCUT2D eigenvalue weighted by Crippen LogP contribution is -2.39.